The fourth-order valence-electron chi connectivity index (χ4n) is 3.97. The molecule has 108 valence electrons. The molecule has 0 amide bonds. The zero-order chi connectivity index (χ0) is 14.3. The van der Waals surface area contributed by atoms with Crippen molar-refractivity contribution >= 4 is 5.97 Å². The van der Waals surface area contributed by atoms with Crippen LogP contribution in [0, 0.1) is 17.7 Å². The predicted octanol–water partition coefficient (Wildman–Crippen LogP) is 2.42. The lowest BCUT2D eigenvalue weighted by atomic mass is 9.70. The van der Waals surface area contributed by atoms with Gasteiger partial charge in [0.25, 0.3) is 0 Å². The van der Waals surface area contributed by atoms with Gasteiger partial charge in [-0.1, -0.05) is 12.1 Å². The first-order chi connectivity index (χ1) is 9.60. The highest BCUT2D eigenvalue weighted by atomic mass is 19.1. The second-order valence-corrected chi connectivity index (χ2v) is 6.03. The molecule has 3 rings (SSSR count). The number of methoxy groups -OCH3 is 1. The molecular weight excluding hydrogens is 257 g/mol. The quantitative estimate of drug-likeness (QED) is 0.778. The monoisotopic (exact) mass is 277 g/mol. The summed E-state index contributed by atoms with van der Waals surface area (Å²) in [5.41, 5.74) is 1.05. The van der Waals surface area contributed by atoms with E-state index in [1.54, 1.807) is 12.1 Å². The van der Waals surface area contributed by atoms with Gasteiger partial charge in [0.1, 0.15) is 5.82 Å². The van der Waals surface area contributed by atoms with Crippen LogP contribution in [0.1, 0.15) is 24.3 Å². The Morgan fingerprint density at radius 3 is 2.65 bits per heavy atom. The number of fused-ring (bicyclic) bond motifs is 2. The standard InChI is InChI=1S/C16H20FNO2/c1-18-9-11-7-13(18)8-14(15(11)16(19)20-2)10-3-5-12(17)6-4-10/h3-6,11,13-15H,7-9H2,1-2H3. The van der Waals surface area contributed by atoms with Crippen LogP contribution in [0.5, 0.6) is 0 Å². The number of carbonyl (C=O) groups is 1. The van der Waals surface area contributed by atoms with E-state index in [-0.39, 0.29) is 23.6 Å². The minimum Gasteiger partial charge on any atom is -0.469 e. The van der Waals surface area contributed by atoms with Gasteiger partial charge in [-0.25, -0.2) is 4.39 Å². The van der Waals surface area contributed by atoms with Gasteiger partial charge < -0.3 is 9.64 Å². The maximum Gasteiger partial charge on any atom is 0.309 e. The lowest BCUT2D eigenvalue weighted by molar-refractivity contribution is -0.148. The normalized spacial score (nSPS) is 33.1. The van der Waals surface area contributed by atoms with E-state index in [1.165, 1.54) is 19.2 Å². The number of benzene rings is 1. The SMILES string of the molecule is COC(=O)C1C2CC(CC1c1ccc(F)cc1)N(C)C2. The Kier molecular flexibility index (Phi) is 3.50. The predicted molar refractivity (Wildman–Crippen MR) is 73.8 cm³/mol. The molecule has 1 saturated heterocycles. The van der Waals surface area contributed by atoms with Crippen LogP contribution in [-0.2, 0) is 9.53 Å². The van der Waals surface area contributed by atoms with Gasteiger partial charge in [-0.3, -0.25) is 4.79 Å². The Hall–Kier alpha value is -1.42. The lowest BCUT2D eigenvalue weighted by Crippen LogP contribution is -2.36. The third-order valence-electron chi connectivity index (χ3n) is 4.96. The van der Waals surface area contributed by atoms with Crippen LogP contribution in [0.25, 0.3) is 0 Å². The zero-order valence-corrected chi connectivity index (χ0v) is 11.9. The van der Waals surface area contributed by atoms with Crippen LogP contribution in [-0.4, -0.2) is 37.6 Å². The van der Waals surface area contributed by atoms with E-state index in [0.29, 0.717) is 12.0 Å². The summed E-state index contributed by atoms with van der Waals surface area (Å²) in [4.78, 5) is 14.5. The van der Waals surface area contributed by atoms with Crippen LogP contribution in [0.2, 0.25) is 0 Å². The molecule has 2 bridgehead atoms. The van der Waals surface area contributed by atoms with E-state index in [0.717, 1.165) is 24.9 Å². The van der Waals surface area contributed by atoms with Gasteiger partial charge in [0.2, 0.25) is 0 Å². The molecule has 4 heteroatoms. The number of hydrogen-bond acceptors (Lipinski definition) is 3. The van der Waals surface area contributed by atoms with Gasteiger partial charge in [-0.05, 0) is 49.4 Å². The van der Waals surface area contributed by atoms with Crippen molar-refractivity contribution < 1.29 is 13.9 Å². The van der Waals surface area contributed by atoms with Crippen LogP contribution < -0.4 is 0 Å². The van der Waals surface area contributed by atoms with E-state index < -0.39 is 0 Å². The first-order valence-corrected chi connectivity index (χ1v) is 7.13. The van der Waals surface area contributed by atoms with Crippen molar-refractivity contribution in [3.8, 4) is 0 Å². The van der Waals surface area contributed by atoms with E-state index in [9.17, 15) is 9.18 Å². The average molecular weight is 277 g/mol. The number of ether oxygens (including phenoxy) is 1. The molecule has 2 fully saturated rings. The van der Waals surface area contributed by atoms with Crippen molar-refractivity contribution in [2.45, 2.75) is 24.8 Å². The summed E-state index contributed by atoms with van der Waals surface area (Å²) >= 11 is 0. The maximum atomic E-state index is 13.1. The molecule has 3 nitrogen and oxygen atoms in total. The van der Waals surface area contributed by atoms with Crippen molar-refractivity contribution in [1.82, 2.24) is 4.90 Å². The Labute approximate surface area is 118 Å². The highest BCUT2D eigenvalue weighted by Gasteiger charge is 2.48. The molecule has 0 N–H and O–H groups in total. The zero-order valence-electron chi connectivity index (χ0n) is 11.9. The summed E-state index contributed by atoms with van der Waals surface area (Å²) in [6, 6.07) is 7.09. The van der Waals surface area contributed by atoms with E-state index in [4.69, 9.17) is 4.74 Å². The Bertz CT molecular complexity index is 500. The topological polar surface area (TPSA) is 29.5 Å². The van der Waals surface area contributed by atoms with Crippen molar-refractivity contribution in [2.75, 3.05) is 20.7 Å². The minimum absolute atomic E-state index is 0.105. The van der Waals surface area contributed by atoms with Gasteiger partial charge in [-0.15, -0.1) is 0 Å². The number of likely N-dealkylation sites (tertiary alicyclic amines) is 1. The third kappa shape index (κ3) is 2.22. The molecule has 2 aliphatic rings. The molecule has 0 aromatic heterocycles. The lowest BCUT2D eigenvalue weighted by Gasteiger charge is -2.34. The molecule has 1 heterocycles. The summed E-state index contributed by atoms with van der Waals surface area (Å²) in [5, 5.41) is 0. The molecular formula is C16H20FNO2. The molecule has 1 aromatic carbocycles. The molecule has 4 unspecified atom stereocenters. The molecule has 0 radical (unpaired) electrons. The number of esters is 1. The van der Waals surface area contributed by atoms with Crippen LogP contribution in [0.15, 0.2) is 24.3 Å². The number of hydrogen-bond donors (Lipinski definition) is 0. The first-order valence-electron chi connectivity index (χ1n) is 7.13. The largest absolute Gasteiger partial charge is 0.469 e. The average Bonchev–Trinajstić information content (AvgIpc) is 2.74. The molecule has 1 saturated carbocycles. The van der Waals surface area contributed by atoms with Crippen LogP contribution in [0.4, 0.5) is 4.39 Å². The molecule has 1 aliphatic heterocycles. The number of nitrogens with zero attached hydrogens (tertiary/aromatic N) is 1. The highest BCUT2D eigenvalue weighted by Crippen LogP contribution is 2.47. The van der Waals surface area contributed by atoms with Crippen LogP contribution >= 0.6 is 0 Å². The number of rotatable bonds is 2. The van der Waals surface area contributed by atoms with Gasteiger partial charge in [-0.2, -0.15) is 0 Å². The van der Waals surface area contributed by atoms with E-state index in [2.05, 4.69) is 11.9 Å². The van der Waals surface area contributed by atoms with Crippen LogP contribution in [0.3, 0.4) is 0 Å². The van der Waals surface area contributed by atoms with Crippen molar-refractivity contribution in [2.24, 2.45) is 11.8 Å². The Morgan fingerprint density at radius 2 is 2.00 bits per heavy atom. The second kappa shape index (κ2) is 5.17. The van der Waals surface area contributed by atoms with Gasteiger partial charge >= 0.3 is 5.97 Å². The molecule has 4 atom stereocenters. The smallest absolute Gasteiger partial charge is 0.309 e. The maximum absolute atomic E-state index is 13.1. The fraction of sp³-hybridized carbons (Fsp3) is 0.562. The molecule has 0 spiro atoms. The van der Waals surface area contributed by atoms with Crippen molar-refractivity contribution in [3.05, 3.63) is 35.6 Å². The highest BCUT2D eigenvalue weighted by molar-refractivity contribution is 5.74. The van der Waals surface area contributed by atoms with Gasteiger partial charge in [0.15, 0.2) is 0 Å². The minimum atomic E-state index is -0.237. The van der Waals surface area contributed by atoms with Crippen molar-refractivity contribution in [1.29, 1.82) is 0 Å². The Balaban J connectivity index is 1.94. The van der Waals surface area contributed by atoms with Gasteiger partial charge in [0.05, 0.1) is 13.0 Å². The number of halogens is 1. The Morgan fingerprint density at radius 1 is 1.30 bits per heavy atom. The van der Waals surface area contributed by atoms with Crippen molar-refractivity contribution in [3.63, 3.8) is 0 Å². The summed E-state index contributed by atoms with van der Waals surface area (Å²) in [6.07, 6.45) is 2.01. The summed E-state index contributed by atoms with van der Waals surface area (Å²) in [6.45, 7) is 0.947. The fourth-order valence-corrected chi connectivity index (χ4v) is 3.97. The first kappa shape index (κ1) is 13.6. The third-order valence-corrected chi connectivity index (χ3v) is 4.96. The summed E-state index contributed by atoms with van der Waals surface area (Å²) in [7, 11) is 3.57. The molecule has 1 aromatic rings. The molecule has 20 heavy (non-hydrogen) atoms. The van der Waals surface area contributed by atoms with E-state index in [1.807, 2.05) is 0 Å². The second-order valence-electron chi connectivity index (χ2n) is 6.03. The summed E-state index contributed by atoms with van der Waals surface area (Å²) < 4.78 is 18.1. The molecule has 1 aliphatic carbocycles. The van der Waals surface area contributed by atoms with E-state index >= 15 is 0 Å². The summed E-state index contributed by atoms with van der Waals surface area (Å²) in [5.74, 6) is 0.0157. The number of carbonyl (C=O) groups excluding carboxylic acids is 1. The van der Waals surface area contributed by atoms with Gasteiger partial charge in [0, 0.05) is 12.6 Å².